The van der Waals surface area contributed by atoms with E-state index in [0.29, 0.717) is 6.54 Å². The molecule has 22 heavy (non-hydrogen) atoms. The summed E-state index contributed by atoms with van der Waals surface area (Å²) in [6, 6.07) is 9.81. The lowest BCUT2D eigenvalue weighted by atomic mass is 9.99. The molecule has 1 fully saturated rings. The Hall–Kier alpha value is -2.20. The molecule has 1 aromatic carbocycles. The molecule has 4 heteroatoms. The Kier molecular flexibility index (Phi) is 4.49. The second-order valence-corrected chi connectivity index (χ2v) is 5.73. The summed E-state index contributed by atoms with van der Waals surface area (Å²) in [6.45, 7) is 1.58. The molecule has 1 aliphatic rings. The fourth-order valence-electron chi connectivity index (χ4n) is 2.94. The number of fused-ring (bicyclic) bond motifs is 1. The summed E-state index contributed by atoms with van der Waals surface area (Å²) in [6.07, 6.45) is 7.20. The molecule has 0 radical (unpaired) electrons. The van der Waals surface area contributed by atoms with Crippen LogP contribution in [0.25, 0.3) is 17.0 Å². The molecule has 1 amide bonds. The van der Waals surface area contributed by atoms with E-state index < -0.39 is 0 Å². The molecule has 0 spiro atoms. The summed E-state index contributed by atoms with van der Waals surface area (Å²) in [7, 11) is 0. The second-order valence-electron chi connectivity index (χ2n) is 5.73. The Bertz CT molecular complexity index is 691. The monoisotopic (exact) mass is 296 g/mol. The fraction of sp³-hybridized carbons (Fsp3) is 0.333. The van der Waals surface area contributed by atoms with Crippen LogP contribution in [0.5, 0.6) is 0 Å². The van der Waals surface area contributed by atoms with E-state index in [1.54, 1.807) is 12.3 Å². The highest BCUT2D eigenvalue weighted by molar-refractivity contribution is 5.95. The van der Waals surface area contributed by atoms with Gasteiger partial charge in [0.25, 0.3) is 0 Å². The Morgan fingerprint density at radius 2 is 2.23 bits per heavy atom. The predicted octanol–water partition coefficient (Wildman–Crippen LogP) is 2.48. The number of carbonyl (C=O) groups excluding carboxylic acids is 1. The van der Waals surface area contributed by atoms with Crippen LogP contribution in [0.1, 0.15) is 18.4 Å². The van der Waals surface area contributed by atoms with E-state index >= 15 is 0 Å². The van der Waals surface area contributed by atoms with Crippen LogP contribution in [-0.2, 0) is 4.79 Å². The Morgan fingerprint density at radius 3 is 3.09 bits per heavy atom. The molecular formula is C18H20N2O2. The van der Waals surface area contributed by atoms with Crippen molar-refractivity contribution in [3.63, 3.8) is 0 Å². The normalized spacial score (nSPS) is 19.0. The van der Waals surface area contributed by atoms with E-state index in [1.165, 1.54) is 0 Å². The minimum Gasteiger partial charge on any atom is -0.396 e. The number of hydrogen-bond donors (Lipinski definition) is 1. The number of hydrogen-bond acceptors (Lipinski definition) is 3. The van der Waals surface area contributed by atoms with Gasteiger partial charge in [0.1, 0.15) is 0 Å². The third-order valence-corrected chi connectivity index (χ3v) is 4.18. The maximum atomic E-state index is 12.3. The number of benzene rings is 1. The number of aliphatic hydroxyl groups is 1. The van der Waals surface area contributed by atoms with Crippen molar-refractivity contribution >= 4 is 22.9 Å². The zero-order chi connectivity index (χ0) is 15.4. The number of nitrogens with zero attached hydrogens (tertiary/aromatic N) is 2. The molecule has 3 rings (SSSR count). The predicted molar refractivity (Wildman–Crippen MR) is 87.2 cm³/mol. The van der Waals surface area contributed by atoms with Gasteiger partial charge >= 0.3 is 0 Å². The number of para-hydroxylation sites is 1. The first-order chi connectivity index (χ1) is 10.8. The first-order valence-electron chi connectivity index (χ1n) is 7.69. The quantitative estimate of drug-likeness (QED) is 0.885. The lowest BCUT2D eigenvalue weighted by Crippen LogP contribution is -2.40. The van der Waals surface area contributed by atoms with Crippen LogP contribution in [0.4, 0.5) is 0 Å². The maximum Gasteiger partial charge on any atom is 0.246 e. The van der Waals surface area contributed by atoms with Gasteiger partial charge in [0.15, 0.2) is 0 Å². The summed E-state index contributed by atoms with van der Waals surface area (Å²) in [4.78, 5) is 18.5. The highest BCUT2D eigenvalue weighted by Gasteiger charge is 2.21. The van der Waals surface area contributed by atoms with E-state index in [2.05, 4.69) is 4.98 Å². The lowest BCUT2D eigenvalue weighted by molar-refractivity contribution is -0.127. The molecule has 1 aromatic heterocycles. The third kappa shape index (κ3) is 3.17. The molecular weight excluding hydrogens is 276 g/mol. The number of pyridine rings is 1. The van der Waals surface area contributed by atoms with Crippen LogP contribution in [0.3, 0.4) is 0 Å². The van der Waals surface area contributed by atoms with Crippen molar-refractivity contribution in [3.8, 4) is 0 Å². The van der Waals surface area contributed by atoms with Gasteiger partial charge in [0.05, 0.1) is 5.52 Å². The van der Waals surface area contributed by atoms with Crippen LogP contribution in [0.15, 0.2) is 42.6 Å². The van der Waals surface area contributed by atoms with Crippen molar-refractivity contribution in [2.45, 2.75) is 12.8 Å². The zero-order valence-corrected chi connectivity index (χ0v) is 12.5. The number of aliphatic hydroxyl groups excluding tert-OH is 1. The van der Waals surface area contributed by atoms with Gasteiger partial charge in [0.2, 0.25) is 5.91 Å². The Labute approximate surface area is 130 Å². The van der Waals surface area contributed by atoms with Gasteiger partial charge in [-0.1, -0.05) is 18.2 Å². The summed E-state index contributed by atoms with van der Waals surface area (Å²) in [5.74, 6) is 0.229. The highest BCUT2D eigenvalue weighted by Crippen LogP contribution is 2.19. The Balaban J connectivity index is 1.76. The molecule has 1 aliphatic heterocycles. The van der Waals surface area contributed by atoms with E-state index in [0.717, 1.165) is 35.9 Å². The molecule has 1 saturated heterocycles. The summed E-state index contributed by atoms with van der Waals surface area (Å²) in [5.41, 5.74) is 1.92. The number of rotatable bonds is 3. The Morgan fingerprint density at radius 1 is 1.36 bits per heavy atom. The van der Waals surface area contributed by atoms with Gasteiger partial charge in [-0.3, -0.25) is 9.78 Å². The minimum absolute atomic E-state index is 0.0130. The number of carbonyl (C=O) groups is 1. The smallest absolute Gasteiger partial charge is 0.246 e. The van der Waals surface area contributed by atoms with Gasteiger partial charge in [-0.2, -0.15) is 0 Å². The molecule has 4 nitrogen and oxygen atoms in total. The van der Waals surface area contributed by atoms with Crippen LogP contribution >= 0.6 is 0 Å². The molecule has 114 valence electrons. The maximum absolute atomic E-state index is 12.3. The first-order valence-corrected chi connectivity index (χ1v) is 7.69. The van der Waals surface area contributed by atoms with E-state index in [4.69, 9.17) is 0 Å². The van der Waals surface area contributed by atoms with Gasteiger partial charge in [-0.15, -0.1) is 0 Å². The van der Waals surface area contributed by atoms with Crippen molar-refractivity contribution in [3.05, 3.63) is 48.2 Å². The highest BCUT2D eigenvalue weighted by atomic mass is 16.3. The first kappa shape index (κ1) is 14.7. The summed E-state index contributed by atoms with van der Waals surface area (Å²) >= 11 is 0. The van der Waals surface area contributed by atoms with Crippen molar-refractivity contribution in [1.29, 1.82) is 0 Å². The molecule has 1 N–H and O–H groups in total. The number of likely N-dealkylation sites (tertiary alicyclic amines) is 1. The van der Waals surface area contributed by atoms with Crippen LogP contribution in [0, 0.1) is 5.92 Å². The van der Waals surface area contributed by atoms with E-state index in [-0.39, 0.29) is 18.4 Å². The van der Waals surface area contributed by atoms with Gasteiger partial charge < -0.3 is 10.0 Å². The molecule has 1 atom stereocenters. The summed E-state index contributed by atoms with van der Waals surface area (Å²) < 4.78 is 0. The lowest BCUT2D eigenvalue weighted by Gasteiger charge is -2.31. The number of amides is 1. The van der Waals surface area contributed by atoms with Crippen molar-refractivity contribution in [2.75, 3.05) is 19.7 Å². The number of piperidine rings is 1. The standard InChI is InChI=1S/C18H20N2O2/c21-13-14-4-3-11-20(12-14)18(22)8-7-15-9-10-19-17-6-2-1-5-16(15)17/h1-2,5-10,14,21H,3-4,11-13H2/b8-7+. The van der Waals surface area contributed by atoms with Crippen molar-refractivity contribution < 1.29 is 9.90 Å². The van der Waals surface area contributed by atoms with Gasteiger partial charge in [-0.05, 0) is 42.5 Å². The van der Waals surface area contributed by atoms with Crippen molar-refractivity contribution in [2.24, 2.45) is 5.92 Å². The summed E-state index contributed by atoms with van der Waals surface area (Å²) in [5, 5.41) is 10.3. The van der Waals surface area contributed by atoms with Crippen LogP contribution in [-0.4, -0.2) is 40.6 Å². The average Bonchev–Trinajstić information content (AvgIpc) is 2.59. The van der Waals surface area contributed by atoms with Gasteiger partial charge in [-0.25, -0.2) is 0 Å². The van der Waals surface area contributed by atoms with Gasteiger partial charge in [0, 0.05) is 37.4 Å². The molecule has 0 saturated carbocycles. The zero-order valence-electron chi connectivity index (χ0n) is 12.5. The fourth-order valence-corrected chi connectivity index (χ4v) is 2.94. The van der Waals surface area contributed by atoms with E-state index in [9.17, 15) is 9.90 Å². The minimum atomic E-state index is 0.0130. The number of aromatic nitrogens is 1. The van der Waals surface area contributed by atoms with Crippen LogP contribution < -0.4 is 0 Å². The molecule has 0 bridgehead atoms. The van der Waals surface area contributed by atoms with Crippen LogP contribution in [0.2, 0.25) is 0 Å². The molecule has 1 unspecified atom stereocenters. The topological polar surface area (TPSA) is 53.4 Å². The largest absolute Gasteiger partial charge is 0.396 e. The SMILES string of the molecule is O=C(/C=C/c1ccnc2ccccc12)N1CCCC(CO)C1. The molecule has 2 heterocycles. The molecule has 2 aromatic rings. The molecule has 0 aliphatic carbocycles. The average molecular weight is 296 g/mol. The van der Waals surface area contributed by atoms with E-state index in [1.807, 2.05) is 41.3 Å². The second kappa shape index (κ2) is 6.71. The third-order valence-electron chi connectivity index (χ3n) is 4.18. The van der Waals surface area contributed by atoms with Crippen molar-refractivity contribution in [1.82, 2.24) is 9.88 Å².